The molecule has 0 spiro atoms. The first-order chi connectivity index (χ1) is 17.8. The van der Waals surface area contributed by atoms with Crippen molar-refractivity contribution in [2.45, 2.75) is 0 Å². The lowest BCUT2D eigenvalue weighted by molar-refractivity contribution is -0.111. The van der Waals surface area contributed by atoms with E-state index in [1.165, 1.54) is 41.6 Å². The van der Waals surface area contributed by atoms with Crippen LogP contribution >= 0.6 is 0 Å². The van der Waals surface area contributed by atoms with Gasteiger partial charge in [0.15, 0.2) is 23.0 Å². The SMILES string of the molecule is COc1ccc(/C=C\C(=O)Nc2c(/C=C\c3cc(OC)c(OC)c(OC)c3)ccc(OC)c2O)cc1N. The lowest BCUT2D eigenvalue weighted by Gasteiger charge is -2.14. The molecule has 37 heavy (non-hydrogen) atoms. The largest absolute Gasteiger partial charge is 0.503 e. The number of rotatable bonds is 10. The van der Waals surface area contributed by atoms with E-state index in [1.54, 1.807) is 60.7 Å². The van der Waals surface area contributed by atoms with Gasteiger partial charge in [0.2, 0.25) is 11.7 Å². The topological polar surface area (TPSA) is 122 Å². The molecule has 3 aromatic rings. The number of carbonyl (C=O) groups excluding carboxylic acids is 1. The number of phenolic OH excluding ortho intramolecular Hbond substituents is 1. The fraction of sp³-hybridized carbons (Fsp3) is 0.179. The van der Waals surface area contributed by atoms with E-state index in [-0.39, 0.29) is 17.2 Å². The Bertz CT molecular complexity index is 1310. The molecule has 9 nitrogen and oxygen atoms in total. The van der Waals surface area contributed by atoms with Gasteiger partial charge in [-0.05, 0) is 53.6 Å². The molecule has 4 N–H and O–H groups in total. The van der Waals surface area contributed by atoms with Crippen LogP contribution in [0, 0.1) is 0 Å². The van der Waals surface area contributed by atoms with Gasteiger partial charge in [0.1, 0.15) is 5.75 Å². The molecule has 0 aromatic heterocycles. The fourth-order valence-corrected chi connectivity index (χ4v) is 3.60. The normalized spacial score (nSPS) is 10.9. The number of aromatic hydroxyl groups is 1. The van der Waals surface area contributed by atoms with Gasteiger partial charge in [-0.3, -0.25) is 4.79 Å². The number of ether oxygens (including phenoxy) is 5. The second kappa shape index (κ2) is 12.3. The summed E-state index contributed by atoms with van der Waals surface area (Å²) in [6.07, 6.45) is 6.47. The van der Waals surface area contributed by atoms with Gasteiger partial charge >= 0.3 is 0 Å². The molecular formula is C28H30N2O7. The molecule has 0 aliphatic carbocycles. The highest BCUT2D eigenvalue weighted by atomic mass is 16.5. The fourth-order valence-electron chi connectivity index (χ4n) is 3.60. The lowest BCUT2D eigenvalue weighted by Crippen LogP contribution is -2.09. The number of hydrogen-bond donors (Lipinski definition) is 3. The molecule has 3 rings (SSSR count). The molecule has 0 bridgehead atoms. The number of hydrogen-bond acceptors (Lipinski definition) is 8. The predicted molar refractivity (Wildman–Crippen MR) is 145 cm³/mol. The van der Waals surface area contributed by atoms with Crippen molar-refractivity contribution in [2.75, 3.05) is 46.6 Å². The van der Waals surface area contributed by atoms with Crippen LogP contribution in [-0.4, -0.2) is 46.6 Å². The number of benzene rings is 3. The van der Waals surface area contributed by atoms with Gasteiger partial charge in [0, 0.05) is 11.6 Å². The molecular weight excluding hydrogens is 476 g/mol. The lowest BCUT2D eigenvalue weighted by atomic mass is 10.1. The minimum absolute atomic E-state index is 0.187. The standard InChI is InChI=1S/C28H30N2O7/c1-33-21-11-7-17(14-20(21)29)8-13-25(31)30-26-19(10-12-22(34-2)27(26)32)9-6-18-15-23(35-3)28(37-5)24(16-18)36-4/h6-16,32H,29H2,1-5H3,(H,30,31)/b9-6-,13-8-. The number of nitrogens with one attached hydrogen (secondary N) is 1. The number of anilines is 2. The summed E-state index contributed by atoms with van der Waals surface area (Å²) in [4.78, 5) is 12.7. The summed E-state index contributed by atoms with van der Waals surface area (Å²) < 4.78 is 26.5. The van der Waals surface area contributed by atoms with E-state index in [0.29, 0.717) is 39.8 Å². The Hall–Kier alpha value is -4.79. The molecule has 0 saturated carbocycles. The maximum Gasteiger partial charge on any atom is 0.248 e. The first-order valence-electron chi connectivity index (χ1n) is 11.2. The average Bonchev–Trinajstić information content (AvgIpc) is 2.91. The number of amides is 1. The summed E-state index contributed by atoms with van der Waals surface area (Å²) in [5.74, 6) is 1.57. The van der Waals surface area contributed by atoms with Crippen LogP contribution in [0.4, 0.5) is 11.4 Å². The van der Waals surface area contributed by atoms with Gasteiger partial charge in [0.05, 0.1) is 46.9 Å². The van der Waals surface area contributed by atoms with Crippen LogP contribution in [0.5, 0.6) is 34.5 Å². The van der Waals surface area contributed by atoms with Crippen molar-refractivity contribution in [3.8, 4) is 34.5 Å². The van der Waals surface area contributed by atoms with Crippen LogP contribution in [0.3, 0.4) is 0 Å². The molecule has 3 aromatic carbocycles. The van der Waals surface area contributed by atoms with Gasteiger partial charge < -0.3 is 39.8 Å². The minimum Gasteiger partial charge on any atom is -0.503 e. The molecule has 0 heterocycles. The van der Waals surface area contributed by atoms with E-state index in [9.17, 15) is 9.90 Å². The van der Waals surface area contributed by atoms with Gasteiger partial charge in [-0.1, -0.05) is 18.2 Å². The smallest absolute Gasteiger partial charge is 0.248 e. The number of phenols is 1. The minimum atomic E-state index is -0.458. The quantitative estimate of drug-likeness (QED) is 0.155. The Kier molecular flexibility index (Phi) is 8.88. The molecule has 0 aliphatic heterocycles. The van der Waals surface area contributed by atoms with Crippen molar-refractivity contribution in [3.63, 3.8) is 0 Å². The first-order valence-corrected chi connectivity index (χ1v) is 11.2. The third-order valence-electron chi connectivity index (χ3n) is 5.46. The second-order valence-electron chi connectivity index (χ2n) is 7.70. The van der Waals surface area contributed by atoms with Gasteiger partial charge in [-0.2, -0.15) is 0 Å². The molecule has 9 heteroatoms. The maximum atomic E-state index is 12.7. The number of carbonyl (C=O) groups is 1. The Balaban J connectivity index is 1.91. The van der Waals surface area contributed by atoms with Crippen molar-refractivity contribution in [3.05, 3.63) is 65.2 Å². The highest BCUT2D eigenvalue weighted by molar-refractivity contribution is 6.04. The number of methoxy groups -OCH3 is 5. The van der Waals surface area contributed by atoms with Crippen LogP contribution < -0.4 is 34.7 Å². The van der Waals surface area contributed by atoms with Crippen LogP contribution in [0.2, 0.25) is 0 Å². The Morgan fingerprint density at radius 1 is 0.757 bits per heavy atom. The van der Waals surface area contributed by atoms with Gasteiger partial charge in [-0.15, -0.1) is 0 Å². The zero-order valence-electron chi connectivity index (χ0n) is 21.3. The third-order valence-corrected chi connectivity index (χ3v) is 5.46. The highest BCUT2D eigenvalue weighted by Crippen LogP contribution is 2.40. The molecule has 0 aliphatic rings. The monoisotopic (exact) mass is 506 g/mol. The van der Waals surface area contributed by atoms with Crippen molar-refractivity contribution >= 4 is 35.5 Å². The zero-order chi connectivity index (χ0) is 26.9. The molecule has 0 saturated heterocycles. The van der Waals surface area contributed by atoms with Crippen LogP contribution in [0.15, 0.2) is 48.5 Å². The van der Waals surface area contributed by atoms with Crippen LogP contribution in [0.1, 0.15) is 16.7 Å². The third kappa shape index (κ3) is 6.26. The maximum absolute atomic E-state index is 12.7. The Morgan fingerprint density at radius 3 is 1.95 bits per heavy atom. The highest BCUT2D eigenvalue weighted by Gasteiger charge is 2.15. The molecule has 194 valence electrons. The Morgan fingerprint density at radius 2 is 1.38 bits per heavy atom. The summed E-state index contributed by atoms with van der Waals surface area (Å²) in [5.41, 5.74) is 8.58. The van der Waals surface area contributed by atoms with E-state index in [1.807, 2.05) is 0 Å². The summed E-state index contributed by atoms with van der Waals surface area (Å²) in [6.45, 7) is 0. The number of nitrogen functional groups attached to an aromatic ring is 1. The molecule has 0 unspecified atom stereocenters. The van der Waals surface area contributed by atoms with E-state index >= 15 is 0 Å². The zero-order valence-corrected chi connectivity index (χ0v) is 21.3. The van der Waals surface area contributed by atoms with E-state index in [4.69, 9.17) is 29.4 Å². The summed E-state index contributed by atoms with van der Waals surface area (Å²) >= 11 is 0. The van der Waals surface area contributed by atoms with Crippen LogP contribution in [0.25, 0.3) is 18.2 Å². The molecule has 1 amide bonds. The van der Waals surface area contributed by atoms with E-state index < -0.39 is 5.91 Å². The van der Waals surface area contributed by atoms with E-state index in [2.05, 4.69) is 5.32 Å². The average molecular weight is 507 g/mol. The van der Waals surface area contributed by atoms with Crippen molar-refractivity contribution in [1.29, 1.82) is 0 Å². The Labute approximate surface area is 215 Å². The second-order valence-corrected chi connectivity index (χ2v) is 7.70. The molecule has 0 atom stereocenters. The van der Waals surface area contributed by atoms with E-state index in [0.717, 1.165) is 5.56 Å². The van der Waals surface area contributed by atoms with Gasteiger partial charge in [-0.25, -0.2) is 0 Å². The summed E-state index contributed by atoms with van der Waals surface area (Å²) in [7, 11) is 7.56. The number of nitrogens with two attached hydrogens (primary N) is 1. The first kappa shape index (κ1) is 26.8. The summed E-state index contributed by atoms with van der Waals surface area (Å²) in [6, 6.07) is 12.1. The molecule has 0 radical (unpaired) electrons. The molecule has 0 fully saturated rings. The summed E-state index contributed by atoms with van der Waals surface area (Å²) in [5, 5.41) is 13.5. The van der Waals surface area contributed by atoms with Crippen molar-refractivity contribution in [2.24, 2.45) is 0 Å². The van der Waals surface area contributed by atoms with Gasteiger partial charge in [0.25, 0.3) is 0 Å². The predicted octanol–water partition coefficient (Wildman–Crippen LogP) is 4.84. The van der Waals surface area contributed by atoms with Crippen molar-refractivity contribution < 1.29 is 33.6 Å². The van der Waals surface area contributed by atoms with Crippen molar-refractivity contribution in [1.82, 2.24) is 0 Å². The van der Waals surface area contributed by atoms with Crippen LogP contribution in [-0.2, 0) is 4.79 Å².